The van der Waals surface area contributed by atoms with Crippen molar-refractivity contribution in [1.29, 1.82) is 0 Å². The van der Waals surface area contributed by atoms with Crippen molar-refractivity contribution in [3.8, 4) is 0 Å². The maximum Gasteiger partial charge on any atom is 0.270 e. The van der Waals surface area contributed by atoms with Gasteiger partial charge in [0.25, 0.3) is 5.91 Å². The molecule has 1 heterocycles. The summed E-state index contributed by atoms with van der Waals surface area (Å²) < 4.78 is 27.4. The van der Waals surface area contributed by atoms with Gasteiger partial charge in [0.1, 0.15) is 34.7 Å². The number of nitrogens with one attached hydrogen (secondary N) is 2. The van der Waals surface area contributed by atoms with Crippen LogP contribution in [0.3, 0.4) is 0 Å². The highest BCUT2D eigenvalue weighted by molar-refractivity contribution is 5.93. The molecular weight excluding hydrogens is 302 g/mol. The largest absolute Gasteiger partial charge is 0.350 e. The Morgan fingerprint density at radius 3 is 2.48 bits per heavy atom. The van der Waals surface area contributed by atoms with Crippen molar-refractivity contribution in [2.75, 3.05) is 11.9 Å². The lowest BCUT2D eigenvalue weighted by Gasteiger charge is -2.11. The Morgan fingerprint density at radius 2 is 1.87 bits per heavy atom. The van der Waals surface area contributed by atoms with Crippen molar-refractivity contribution >= 4 is 17.4 Å². The highest BCUT2D eigenvalue weighted by atomic mass is 19.1. The average Bonchev–Trinajstić information content (AvgIpc) is 2.48. The number of amides is 1. The highest BCUT2D eigenvalue weighted by Gasteiger charge is 2.13. The molecule has 0 saturated heterocycles. The van der Waals surface area contributed by atoms with E-state index in [9.17, 15) is 13.6 Å². The van der Waals surface area contributed by atoms with Crippen molar-refractivity contribution in [3.05, 3.63) is 47.4 Å². The predicted octanol–water partition coefficient (Wildman–Crippen LogP) is 3.19. The second-order valence-corrected chi connectivity index (χ2v) is 5.51. The van der Waals surface area contributed by atoms with Gasteiger partial charge in [-0.3, -0.25) is 4.79 Å². The second-order valence-electron chi connectivity index (χ2n) is 5.51. The summed E-state index contributed by atoms with van der Waals surface area (Å²) in [5.41, 5.74) is -0.184. The number of anilines is 2. The third-order valence-electron chi connectivity index (χ3n) is 2.96. The molecular formula is C16H18F2N4O. The monoisotopic (exact) mass is 320 g/mol. The molecule has 0 saturated carbocycles. The molecule has 1 amide bonds. The Balaban J connectivity index is 2.25. The van der Waals surface area contributed by atoms with Crippen molar-refractivity contribution in [2.24, 2.45) is 5.92 Å². The van der Waals surface area contributed by atoms with E-state index >= 15 is 0 Å². The summed E-state index contributed by atoms with van der Waals surface area (Å²) in [7, 11) is 0. The molecule has 0 unspecified atom stereocenters. The molecule has 2 aromatic rings. The van der Waals surface area contributed by atoms with Crippen LogP contribution >= 0.6 is 0 Å². The first-order valence-corrected chi connectivity index (χ1v) is 7.21. The molecule has 1 aromatic carbocycles. The van der Waals surface area contributed by atoms with Crippen molar-refractivity contribution in [1.82, 2.24) is 15.3 Å². The number of benzene rings is 1. The predicted molar refractivity (Wildman–Crippen MR) is 83.6 cm³/mol. The molecule has 1 aromatic heterocycles. The molecule has 23 heavy (non-hydrogen) atoms. The number of aryl methyl sites for hydroxylation is 1. The topological polar surface area (TPSA) is 66.9 Å². The standard InChI is InChI=1S/C16H18F2N4O/c1-9(2)8-19-16(23)13-7-14(21-10(3)20-13)22-15-11(17)5-4-6-12(15)18/h4-7,9H,8H2,1-3H3,(H,19,23)(H,20,21,22). The van der Waals surface area contributed by atoms with Crippen LogP contribution in [0.25, 0.3) is 0 Å². The third kappa shape index (κ3) is 4.45. The lowest BCUT2D eigenvalue weighted by molar-refractivity contribution is 0.0943. The zero-order chi connectivity index (χ0) is 17.0. The summed E-state index contributed by atoms with van der Waals surface area (Å²) in [5, 5.41) is 5.29. The summed E-state index contributed by atoms with van der Waals surface area (Å²) in [6.45, 7) is 6.05. The Kier molecular flexibility index (Phi) is 5.20. The third-order valence-corrected chi connectivity index (χ3v) is 2.96. The van der Waals surface area contributed by atoms with Crippen LogP contribution in [0.4, 0.5) is 20.3 Å². The van der Waals surface area contributed by atoms with Gasteiger partial charge in [0.15, 0.2) is 0 Å². The summed E-state index contributed by atoms with van der Waals surface area (Å²) >= 11 is 0. The van der Waals surface area contributed by atoms with Crippen LogP contribution < -0.4 is 10.6 Å². The number of carbonyl (C=O) groups excluding carboxylic acids is 1. The number of hydrogen-bond donors (Lipinski definition) is 2. The van der Waals surface area contributed by atoms with Gasteiger partial charge in [0.05, 0.1) is 0 Å². The molecule has 5 nitrogen and oxygen atoms in total. The van der Waals surface area contributed by atoms with Gasteiger partial charge in [-0.15, -0.1) is 0 Å². The number of nitrogens with zero attached hydrogens (tertiary/aromatic N) is 2. The van der Waals surface area contributed by atoms with Crippen molar-refractivity contribution in [3.63, 3.8) is 0 Å². The summed E-state index contributed by atoms with van der Waals surface area (Å²) in [6, 6.07) is 4.89. The Hall–Kier alpha value is -2.57. The molecule has 2 N–H and O–H groups in total. The molecule has 122 valence electrons. The van der Waals surface area contributed by atoms with Gasteiger partial charge in [0, 0.05) is 12.6 Å². The van der Waals surface area contributed by atoms with Crippen LogP contribution in [-0.2, 0) is 0 Å². The first-order chi connectivity index (χ1) is 10.9. The van der Waals surface area contributed by atoms with Crippen LogP contribution in [0.2, 0.25) is 0 Å². The molecule has 0 radical (unpaired) electrons. The quantitative estimate of drug-likeness (QED) is 0.888. The van der Waals surface area contributed by atoms with Crippen LogP contribution in [0.1, 0.15) is 30.2 Å². The lowest BCUT2D eigenvalue weighted by Crippen LogP contribution is -2.28. The van der Waals surface area contributed by atoms with Gasteiger partial charge in [0.2, 0.25) is 0 Å². The normalized spacial score (nSPS) is 10.7. The first kappa shape index (κ1) is 16.8. The maximum absolute atomic E-state index is 13.7. The summed E-state index contributed by atoms with van der Waals surface area (Å²) in [5.74, 6) is -1.08. The number of rotatable bonds is 5. The fraction of sp³-hybridized carbons (Fsp3) is 0.312. The zero-order valence-electron chi connectivity index (χ0n) is 13.2. The van der Waals surface area contributed by atoms with Crippen molar-refractivity contribution < 1.29 is 13.6 Å². The van der Waals surface area contributed by atoms with Gasteiger partial charge in [-0.25, -0.2) is 18.7 Å². The lowest BCUT2D eigenvalue weighted by atomic mass is 10.2. The number of halogens is 2. The van der Waals surface area contributed by atoms with E-state index in [1.165, 1.54) is 12.1 Å². The molecule has 0 aliphatic carbocycles. The molecule has 0 spiro atoms. The van der Waals surface area contributed by atoms with E-state index in [1.807, 2.05) is 13.8 Å². The van der Waals surface area contributed by atoms with Gasteiger partial charge >= 0.3 is 0 Å². The van der Waals surface area contributed by atoms with Crippen molar-refractivity contribution in [2.45, 2.75) is 20.8 Å². The van der Waals surface area contributed by atoms with Gasteiger partial charge in [-0.05, 0) is 25.0 Å². The minimum absolute atomic E-state index is 0.136. The van der Waals surface area contributed by atoms with Crippen LogP contribution in [-0.4, -0.2) is 22.4 Å². The zero-order valence-corrected chi connectivity index (χ0v) is 13.2. The molecule has 0 fully saturated rings. The summed E-state index contributed by atoms with van der Waals surface area (Å²) in [4.78, 5) is 20.2. The van der Waals surface area contributed by atoms with E-state index < -0.39 is 11.6 Å². The van der Waals surface area contributed by atoms with Crippen LogP contribution in [0.5, 0.6) is 0 Å². The number of hydrogen-bond acceptors (Lipinski definition) is 4. The maximum atomic E-state index is 13.7. The molecule has 0 aliphatic rings. The number of carbonyl (C=O) groups is 1. The minimum atomic E-state index is -0.743. The molecule has 7 heteroatoms. The molecule has 0 bridgehead atoms. The van der Waals surface area contributed by atoms with E-state index in [0.717, 1.165) is 12.1 Å². The average molecular weight is 320 g/mol. The van der Waals surface area contributed by atoms with E-state index in [1.54, 1.807) is 6.92 Å². The van der Waals surface area contributed by atoms with E-state index in [-0.39, 0.29) is 23.1 Å². The summed E-state index contributed by atoms with van der Waals surface area (Å²) in [6.07, 6.45) is 0. The highest BCUT2D eigenvalue weighted by Crippen LogP contribution is 2.22. The molecule has 2 rings (SSSR count). The fourth-order valence-corrected chi connectivity index (χ4v) is 1.88. The number of para-hydroxylation sites is 1. The Morgan fingerprint density at radius 1 is 1.22 bits per heavy atom. The molecule has 0 aliphatic heterocycles. The Bertz CT molecular complexity index is 699. The Labute approximate surface area is 133 Å². The van der Waals surface area contributed by atoms with Crippen LogP contribution in [0, 0.1) is 24.5 Å². The SMILES string of the molecule is Cc1nc(Nc2c(F)cccc2F)cc(C(=O)NCC(C)C)n1. The smallest absolute Gasteiger partial charge is 0.270 e. The van der Waals surface area contributed by atoms with Gasteiger partial charge in [-0.2, -0.15) is 0 Å². The molecule has 0 atom stereocenters. The fourth-order valence-electron chi connectivity index (χ4n) is 1.88. The van der Waals surface area contributed by atoms with E-state index in [0.29, 0.717) is 18.3 Å². The van der Waals surface area contributed by atoms with Gasteiger partial charge < -0.3 is 10.6 Å². The second kappa shape index (κ2) is 7.13. The van der Waals surface area contributed by atoms with E-state index in [2.05, 4.69) is 20.6 Å². The minimum Gasteiger partial charge on any atom is -0.350 e. The van der Waals surface area contributed by atoms with Gasteiger partial charge in [-0.1, -0.05) is 19.9 Å². The first-order valence-electron chi connectivity index (χ1n) is 7.21. The number of aromatic nitrogens is 2. The van der Waals surface area contributed by atoms with E-state index in [4.69, 9.17) is 0 Å². The van der Waals surface area contributed by atoms with Crippen LogP contribution in [0.15, 0.2) is 24.3 Å².